The molecular weight excluding hydrogens is 377 g/mol. The van der Waals surface area contributed by atoms with Gasteiger partial charge < -0.3 is 10.0 Å². The summed E-state index contributed by atoms with van der Waals surface area (Å²) < 4.78 is 1.68. The Labute approximate surface area is 161 Å². The Kier molecular flexibility index (Phi) is 4.75. The molecule has 0 saturated carbocycles. The first-order chi connectivity index (χ1) is 12.1. The van der Waals surface area contributed by atoms with Gasteiger partial charge in [-0.25, -0.2) is 9.48 Å². The van der Waals surface area contributed by atoms with Gasteiger partial charge in [-0.3, -0.25) is 4.79 Å². The second-order valence-electron chi connectivity index (χ2n) is 6.86. The van der Waals surface area contributed by atoms with Crippen molar-refractivity contribution in [1.82, 2.24) is 14.7 Å². The lowest BCUT2D eigenvalue weighted by atomic mass is 10.0. The van der Waals surface area contributed by atoms with Gasteiger partial charge in [0.25, 0.3) is 5.91 Å². The fraction of sp³-hybridized carbons (Fsp3) is 0.389. The van der Waals surface area contributed by atoms with Gasteiger partial charge in [0.2, 0.25) is 0 Å². The molecule has 26 heavy (non-hydrogen) atoms. The van der Waals surface area contributed by atoms with Crippen LogP contribution in [-0.4, -0.2) is 44.3 Å². The second kappa shape index (κ2) is 6.59. The minimum Gasteiger partial charge on any atom is -0.480 e. The summed E-state index contributed by atoms with van der Waals surface area (Å²) in [6.07, 6.45) is 2.41. The topological polar surface area (TPSA) is 75.4 Å². The van der Waals surface area contributed by atoms with Gasteiger partial charge in [-0.15, -0.1) is 0 Å². The van der Waals surface area contributed by atoms with Crippen molar-refractivity contribution in [3.63, 3.8) is 0 Å². The summed E-state index contributed by atoms with van der Waals surface area (Å²) in [6, 6.07) is 5.10. The van der Waals surface area contributed by atoms with Crippen LogP contribution < -0.4 is 0 Å². The average Bonchev–Trinajstić information content (AvgIpc) is 3.16. The van der Waals surface area contributed by atoms with Crippen LogP contribution in [0.1, 0.15) is 42.0 Å². The summed E-state index contributed by atoms with van der Waals surface area (Å²) in [6.45, 7) is 2.97. The van der Waals surface area contributed by atoms with Crippen molar-refractivity contribution in [2.45, 2.75) is 38.6 Å². The fourth-order valence-electron chi connectivity index (χ4n) is 3.02. The second-order valence-corrected chi connectivity index (χ2v) is 7.71. The number of nitrogens with zero attached hydrogens (tertiary/aromatic N) is 3. The Hall–Kier alpha value is -2.05. The van der Waals surface area contributed by atoms with E-state index < -0.39 is 17.4 Å². The lowest BCUT2D eigenvalue weighted by molar-refractivity contribution is -0.147. The van der Waals surface area contributed by atoms with Crippen molar-refractivity contribution < 1.29 is 14.7 Å². The molecule has 0 radical (unpaired) electrons. The molecule has 0 unspecified atom stereocenters. The number of carbonyl (C=O) groups excluding carboxylic acids is 1. The van der Waals surface area contributed by atoms with E-state index >= 15 is 0 Å². The van der Waals surface area contributed by atoms with E-state index in [1.54, 1.807) is 22.9 Å². The van der Waals surface area contributed by atoms with Gasteiger partial charge in [0.15, 0.2) is 5.69 Å². The van der Waals surface area contributed by atoms with Gasteiger partial charge in [0.05, 0.1) is 10.7 Å². The van der Waals surface area contributed by atoms with E-state index in [4.69, 9.17) is 23.2 Å². The highest BCUT2D eigenvalue weighted by molar-refractivity contribution is 6.35. The maximum absolute atomic E-state index is 13.0. The monoisotopic (exact) mass is 395 g/mol. The number of hydrogen-bond acceptors (Lipinski definition) is 3. The molecule has 0 bridgehead atoms. The number of likely N-dealkylation sites (N-methyl/N-ethyl adjacent to an activating group) is 1. The Morgan fingerprint density at radius 2 is 1.96 bits per heavy atom. The number of fused-ring (bicyclic) bond motifs is 1. The lowest BCUT2D eigenvalue weighted by Crippen LogP contribution is -2.51. The molecular formula is C18H19Cl2N3O3. The molecule has 1 aromatic heterocycles. The zero-order valence-electron chi connectivity index (χ0n) is 14.7. The fourth-order valence-corrected chi connectivity index (χ4v) is 3.51. The minimum atomic E-state index is -1.34. The van der Waals surface area contributed by atoms with Crippen LogP contribution >= 0.6 is 23.2 Å². The molecule has 3 rings (SSSR count). The SMILES string of the molecule is CN(C(=O)c1nn(-c2ccc(Cl)cc2Cl)c2c1CCC2)C(C)(C)C(=O)O. The standard InChI is InChI=1S/C18H19Cl2N3O3/c1-18(2,17(25)26)22(3)16(24)15-11-5-4-6-13(11)23(21-15)14-8-7-10(19)9-12(14)20/h7-9H,4-6H2,1-3H3,(H,25,26). The quantitative estimate of drug-likeness (QED) is 0.857. The summed E-state index contributed by atoms with van der Waals surface area (Å²) >= 11 is 12.3. The first kappa shape index (κ1) is 18.7. The third-order valence-corrected chi connectivity index (χ3v) is 5.48. The van der Waals surface area contributed by atoms with Gasteiger partial charge in [-0.2, -0.15) is 5.10 Å². The number of carboxylic acid groups (broad SMARTS) is 1. The van der Waals surface area contributed by atoms with Gasteiger partial charge in [0.1, 0.15) is 5.54 Å². The summed E-state index contributed by atoms with van der Waals surface area (Å²) in [7, 11) is 1.48. The molecule has 2 aromatic rings. The molecule has 0 fully saturated rings. The van der Waals surface area contributed by atoms with E-state index in [0.29, 0.717) is 15.7 Å². The zero-order chi connectivity index (χ0) is 19.2. The molecule has 138 valence electrons. The van der Waals surface area contributed by atoms with E-state index in [9.17, 15) is 14.7 Å². The zero-order valence-corrected chi connectivity index (χ0v) is 16.2. The van der Waals surface area contributed by atoms with Crippen LogP contribution in [0, 0.1) is 0 Å². The predicted octanol–water partition coefficient (Wildman–Crippen LogP) is 3.60. The predicted molar refractivity (Wildman–Crippen MR) is 99.4 cm³/mol. The summed E-state index contributed by atoms with van der Waals surface area (Å²) in [5, 5.41) is 14.8. The largest absolute Gasteiger partial charge is 0.480 e. The lowest BCUT2D eigenvalue weighted by Gasteiger charge is -2.31. The van der Waals surface area contributed by atoms with Crippen LogP contribution in [0.3, 0.4) is 0 Å². The number of amides is 1. The van der Waals surface area contributed by atoms with E-state index in [-0.39, 0.29) is 5.69 Å². The molecule has 8 heteroatoms. The van der Waals surface area contributed by atoms with Crippen molar-refractivity contribution in [2.24, 2.45) is 0 Å². The number of rotatable bonds is 4. The van der Waals surface area contributed by atoms with E-state index in [2.05, 4.69) is 5.10 Å². The number of halogens is 2. The smallest absolute Gasteiger partial charge is 0.329 e. The number of benzene rings is 1. The highest BCUT2D eigenvalue weighted by Crippen LogP contribution is 2.32. The molecule has 1 N–H and O–H groups in total. The molecule has 0 spiro atoms. The molecule has 0 atom stereocenters. The molecule has 1 amide bonds. The van der Waals surface area contributed by atoms with Crippen molar-refractivity contribution in [1.29, 1.82) is 0 Å². The van der Waals surface area contributed by atoms with Crippen LogP contribution in [-0.2, 0) is 17.6 Å². The third-order valence-electron chi connectivity index (χ3n) is 4.94. The maximum atomic E-state index is 13.0. The van der Waals surface area contributed by atoms with E-state index in [0.717, 1.165) is 30.5 Å². The molecule has 0 saturated heterocycles. The van der Waals surface area contributed by atoms with Crippen LogP contribution in [0.2, 0.25) is 10.0 Å². The average molecular weight is 396 g/mol. The van der Waals surface area contributed by atoms with Crippen LogP contribution in [0.25, 0.3) is 5.69 Å². The summed E-state index contributed by atoms with van der Waals surface area (Å²) in [5.41, 5.74) is 1.37. The number of aromatic nitrogens is 2. The third kappa shape index (κ3) is 2.97. The Balaban J connectivity index is 2.08. The van der Waals surface area contributed by atoms with Gasteiger partial charge >= 0.3 is 5.97 Å². The summed E-state index contributed by atoms with van der Waals surface area (Å²) in [4.78, 5) is 25.7. The normalized spacial score (nSPS) is 13.6. The van der Waals surface area contributed by atoms with Crippen molar-refractivity contribution in [2.75, 3.05) is 7.05 Å². The number of carbonyl (C=O) groups is 2. The molecule has 6 nitrogen and oxygen atoms in total. The van der Waals surface area contributed by atoms with Crippen LogP contribution in [0.5, 0.6) is 0 Å². The van der Waals surface area contributed by atoms with E-state index in [1.807, 2.05) is 0 Å². The van der Waals surface area contributed by atoms with Crippen molar-refractivity contribution in [3.05, 3.63) is 45.2 Å². The van der Waals surface area contributed by atoms with Crippen LogP contribution in [0.15, 0.2) is 18.2 Å². The minimum absolute atomic E-state index is 0.278. The van der Waals surface area contributed by atoms with E-state index in [1.165, 1.54) is 25.8 Å². The Morgan fingerprint density at radius 1 is 1.27 bits per heavy atom. The molecule has 1 aliphatic carbocycles. The highest BCUT2D eigenvalue weighted by Gasteiger charge is 2.38. The summed E-state index contributed by atoms with van der Waals surface area (Å²) in [5.74, 6) is -1.50. The molecule has 1 aliphatic rings. The molecule has 1 aromatic carbocycles. The van der Waals surface area contributed by atoms with Crippen molar-refractivity contribution >= 4 is 35.1 Å². The number of hydrogen-bond donors (Lipinski definition) is 1. The number of carboxylic acids is 1. The first-order valence-corrected chi connectivity index (χ1v) is 8.98. The Morgan fingerprint density at radius 3 is 2.58 bits per heavy atom. The molecule has 0 aliphatic heterocycles. The Bertz CT molecular complexity index is 905. The molecule has 1 heterocycles. The van der Waals surface area contributed by atoms with Gasteiger partial charge in [0, 0.05) is 23.3 Å². The number of aliphatic carboxylic acids is 1. The van der Waals surface area contributed by atoms with Crippen molar-refractivity contribution in [3.8, 4) is 5.69 Å². The highest BCUT2D eigenvalue weighted by atomic mass is 35.5. The first-order valence-electron chi connectivity index (χ1n) is 8.22. The van der Waals surface area contributed by atoms with Gasteiger partial charge in [-0.05, 0) is 51.3 Å². The van der Waals surface area contributed by atoms with Crippen LogP contribution in [0.4, 0.5) is 0 Å². The van der Waals surface area contributed by atoms with Gasteiger partial charge in [-0.1, -0.05) is 23.2 Å². The maximum Gasteiger partial charge on any atom is 0.329 e.